The highest BCUT2D eigenvalue weighted by atomic mass is 16.6. The van der Waals surface area contributed by atoms with E-state index in [1.165, 1.54) is 0 Å². The molecule has 0 bridgehead atoms. The molecule has 0 saturated heterocycles. The van der Waals surface area contributed by atoms with E-state index in [4.69, 9.17) is 4.74 Å². The van der Waals surface area contributed by atoms with Crippen molar-refractivity contribution < 1.29 is 19.1 Å². The van der Waals surface area contributed by atoms with Gasteiger partial charge in [-0.25, -0.2) is 4.79 Å². The molecule has 1 rings (SSSR count). The smallest absolute Gasteiger partial charge is 0.408 e. The zero-order valence-electron chi connectivity index (χ0n) is 21.9. The summed E-state index contributed by atoms with van der Waals surface area (Å²) in [7, 11) is 0. The Morgan fingerprint density at radius 2 is 1.61 bits per heavy atom. The Balaban J connectivity index is 3.31. The van der Waals surface area contributed by atoms with E-state index in [-0.39, 0.29) is 17.9 Å². The lowest BCUT2D eigenvalue weighted by Gasteiger charge is -2.37. The Hall–Kier alpha value is -2.57. The predicted octanol–water partition coefficient (Wildman–Crippen LogP) is 4.80. The summed E-state index contributed by atoms with van der Waals surface area (Å²) in [6.45, 7) is 17.2. The Morgan fingerprint density at radius 1 is 1.03 bits per heavy atom. The summed E-state index contributed by atoms with van der Waals surface area (Å²) in [6.07, 6.45) is 2.30. The summed E-state index contributed by atoms with van der Waals surface area (Å²) in [5, 5.41) is 5.65. The Labute approximate surface area is 199 Å². The second kappa shape index (κ2) is 12.6. The summed E-state index contributed by atoms with van der Waals surface area (Å²) >= 11 is 0. The van der Waals surface area contributed by atoms with Crippen molar-refractivity contribution in [1.82, 2.24) is 15.5 Å². The predicted molar refractivity (Wildman–Crippen MR) is 132 cm³/mol. The molecule has 0 aliphatic carbocycles. The summed E-state index contributed by atoms with van der Waals surface area (Å²) < 4.78 is 5.31. The summed E-state index contributed by atoms with van der Waals surface area (Å²) in [6, 6.07) is 3.91. The van der Waals surface area contributed by atoms with E-state index in [9.17, 15) is 14.4 Å². The number of amides is 3. The van der Waals surface area contributed by atoms with Gasteiger partial charge in [0.2, 0.25) is 11.8 Å². The SMILES string of the molecule is CCCCCNC(=O)C(c1c(C)cccc1C)N(C(=O)C(C)NC(=O)OC(C)(C)C)C(C)C. The van der Waals surface area contributed by atoms with Crippen LogP contribution >= 0.6 is 0 Å². The molecule has 0 spiro atoms. The highest BCUT2D eigenvalue weighted by Gasteiger charge is 2.37. The maximum Gasteiger partial charge on any atom is 0.408 e. The van der Waals surface area contributed by atoms with Crippen LogP contribution in [0.3, 0.4) is 0 Å². The molecule has 1 aromatic carbocycles. The molecule has 2 unspecified atom stereocenters. The van der Waals surface area contributed by atoms with Gasteiger partial charge in [0, 0.05) is 12.6 Å². The molecule has 33 heavy (non-hydrogen) atoms. The van der Waals surface area contributed by atoms with Crippen molar-refractivity contribution >= 4 is 17.9 Å². The van der Waals surface area contributed by atoms with Gasteiger partial charge >= 0.3 is 6.09 Å². The van der Waals surface area contributed by atoms with Crippen molar-refractivity contribution in [1.29, 1.82) is 0 Å². The maximum atomic E-state index is 13.6. The Kier molecular flexibility index (Phi) is 10.9. The van der Waals surface area contributed by atoms with E-state index in [0.717, 1.165) is 36.0 Å². The first-order valence-corrected chi connectivity index (χ1v) is 12.0. The average Bonchev–Trinajstić information content (AvgIpc) is 2.68. The van der Waals surface area contributed by atoms with Crippen molar-refractivity contribution in [2.75, 3.05) is 6.54 Å². The van der Waals surface area contributed by atoms with Crippen LogP contribution < -0.4 is 10.6 Å². The van der Waals surface area contributed by atoms with Crippen LogP contribution in [0.15, 0.2) is 18.2 Å². The zero-order chi connectivity index (χ0) is 25.3. The first-order valence-electron chi connectivity index (χ1n) is 12.0. The van der Waals surface area contributed by atoms with E-state index >= 15 is 0 Å². The molecular weight excluding hydrogens is 418 g/mol. The Morgan fingerprint density at radius 3 is 2.09 bits per heavy atom. The fourth-order valence-electron chi connectivity index (χ4n) is 3.79. The molecule has 2 atom stereocenters. The number of ether oxygens (including phenoxy) is 1. The van der Waals surface area contributed by atoms with Gasteiger partial charge in [-0.2, -0.15) is 0 Å². The summed E-state index contributed by atoms with van der Waals surface area (Å²) in [5.74, 6) is -0.553. The van der Waals surface area contributed by atoms with Crippen LogP contribution in [0.2, 0.25) is 0 Å². The quantitative estimate of drug-likeness (QED) is 0.490. The molecule has 7 heteroatoms. The monoisotopic (exact) mass is 461 g/mol. The van der Waals surface area contributed by atoms with E-state index in [2.05, 4.69) is 17.6 Å². The van der Waals surface area contributed by atoms with Crippen LogP contribution in [0.25, 0.3) is 0 Å². The molecule has 0 fully saturated rings. The van der Waals surface area contributed by atoms with E-state index in [0.29, 0.717) is 6.54 Å². The molecule has 2 N–H and O–H groups in total. The number of alkyl carbamates (subject to hydrolysis) is 1. The number of benzene rings is 1. The zero-order valence-corrected chi connectivity index (χ0v) is 21.9. The minimum absolute atomic E-state index is 0.213. The van der Waals surface area contributed by atoms with Gasteiger partial charge < -0.3 is 20.3 Å². The van der Waals surface area contributed by atoms with Gasteiger partial charge in [-0.1, -0.05) is 38.0 Å². The van der Waals surface area contributed by atoms with Gasteiger partial charge in [-0.05, 0) is 78.5 Å². The standard InChI is InChI=1S/C26H43N3O4/c1-10-11-12-16-27-23(30)22(21-18(4)14-13-15-19(21)5)29(17(2)3)24(31)20(6)28-25(32)33-26(7,8)9/h13-15,17,20,22H,10-12,16H2,1-9H3,(H,27,30)(H,28,32). The van der Waals surface area contributed by atoms with Crippen molar-refractivity contribution in [3.63, 3.8) is 0 Å². The third kappa shape index (κ3) is 8.71. The molecule has 0 aromatic heterocycles. The van der Waals surface area contributed by atoms with Crippen molar-refractivity contribution in [2.24, 2.45) is 0 Å². The fraction of sp³-hybridized carbons (Fsp3) is 0.654. The normalized spacial score (nSPS) is 13.3. The van der Waals surface area contributed by atoms with Gasteiger partial charge in [0.1, 0.15) is 17.7 Å². The third-order valence-electron chi connectivity index (χ3n) is 5.34. The van der Waals surface area contributed by atoms with Crippen LogP contribution in [0.4, 0.5) is 4.79 Å². The molecule has 7 nitrogen and oxygen atoms in total. The van der Waals surface area contributed by atoms with Crippen LogP contribution in [-0.4, -0.2) is 47.0 Å². The molecule has 1 aromatic rings. The van der Waals surface area contributed by atoms with E-state index in [1.807, 2.05) is 45.9 Å². The molecule has 0 saturated carbocycles. The number of nitrogens with zero attached hydrogens (tertiary/aromatic N) is 1. The largest absolute Gasteiger partial charge is 0.444 e. The van der Waals surface area contributed by atoms with Crippen LogP contribution in [-0.2, 0) is 14.3 Å². The van der Waals surface area contributed by atoms with E-state index in [1.54, 1.807) is 32.6 Å². The molecule has 0 radical (unpaired) electrons. The molecule has 186 valence electrons. The lowest BCUT2D eigenvalue weighted by atomic mass is 9.93. The van der Waals surface area contributed by atoms with E-state index < -0.39 is 23.8 Å². The van der Waals surface area contributed by atoms with Crippen LogP contribution in [0.1, 0.15) is 90.5 Å². The topological polar surface area (TPSA) is 87.7 Å². The van der Waals surface area contributed by atoms with Gasteiger partial charge in [-0.15, -0.1) is 0 Å². The van der Waals surface area contributed by atoms with Gasteiger partial charge in [0.15, 0.2) is 0 Å². The average molecular weight is 462 g/mol. The number of aryl methyl sites for hydroxylation is 2. The van der Waals surface area contributed by atoms with Gasteiger partial charge in [0.05, 0.1) is 0 Å². The number of unbranched alkanes of at least 4 members (excludes halogenated alkanes) is 2. The molecule has 3 amide bonds. The first-order chi connectivity index (χ1) is 15.3. The second-order valence-electron chi connectivity index (χ2n) is 9.91. The summed E-state index contributed by atoms with van der Waals surface area (Å²) in [4.78, 5) is 40.9. The van der Waals surface area contributed by atoms with Crippen molar-refractivity contribution in [2.45, 2.75) is 105 Å². The molecular formula is C26H43N3O4. The maximum absolute atomic E-state index is 13.6. The molecule has 0 aliphatic rings. The fourth-order valence-corrected chi connectivity index (χ4v) is 3.79. The minimum atomic E-state index is -0.859. The Bertz CT molecular complexity index is 794. The van der Waals surface area contributed by atoms with Crippen LogP contribution in [0, 0.1) is 13.8 Å². The number of rotatable bonds is 10. The lowest BCUT2D eigenvalue weighted by molar-refractivity contribution is -0.144. The van der Waals surface area contributed by atoms with Gasteiger partial charge in [-0.3, -0.25) is 9.59 Å². The number of carbonyl (C=O) groups excluding carboxylic acids is 3. The molecule has 0 aliphatic heterocycles. The van der Waals surface area contributed by atoms with Gasteiger partial charge in [0.25, 0.3) is 0 Å². The summed E-state index contributed by atoms with van der Waals surface area (Å²) in [5.41, 5.74) is 2.02. The number of carbonyl (C=O) groups is 3. The highest BCUT2D eigenvalue weighted by Crippen LogP contribution is 2.30. The number of nitrogens with one attached hydrogen (secondary N) is 2. The van der Waals surface area contributed by atoms with Crippen molar-refractivity contribution in [3.8, 4) is 0 Å². The minimum Gasteiger partial charge on any atom is -0.444 e. The highest BCUT2D eigenvalue weighted by molar-refractivity contribution is 5.92. The lowest BCUT2D eigenvalue weighted by Crippen LogP contribution is -2.54. The molecule has 0 heterocycles. The number of hydrogen-bond donors (Lipinski definition) is 2. The second-order valence-corrected chi connectivity index (χ2v) is 9.91. The first kappa shape index (κ1) is 28.5. The van der Waals surface area contributed by atoms with Crippen molar-refractivity contribution in [3.05, 3.63) is 34.9 Å². The third-order valence-corrected chi connectivity index (χ3v) is 5.34. The number of hydrogen-bond acceptors (Lipinski definition) is 4. The van der Waals surface area contributed by atoms with Crippen LogP contribution in [0.5, 0.6) is 0 Å².